The Morgan fingerprint density at radius 3 is 2.93 bits per heavy atom. The highest BCUT2D eigenvalue weighted by Gasteiger charge is 2.21. The molecule has 1 aliphatic carbocycles. The monoisotopic (exact) mass is 384 g/mol. The number of anilines is 1. The van der Waals surface area contributed by atoms with E-state index < -0.39 is 0 Å². The van der Waals surface area contributed by atoms with Crippen LogP contribution in [0.3, 0.4) is 0 Å². The summed E-state index contributed by atoms with van der Waals surface area (Å²) in [5, 5.41) is 7.34. The summed E-state index contributed by atoms with van der Waals surface area (Å²) in [6.07, 6.45) is 9.51. The van der Waals surface area contributed by atoms with Gasteiger partial charge in [-0.05, 0) is 43.4 Å². The van der Waals surface area contributed by atoms with Crippen LogP contribution in [-0.2, 0) is 6.54 Å². The number of hydrogen-bond donors (Lipinski definition) is 2. The van der Waals surface area contributed by atoms with Gasteiger partial charge in [0.05, 0.1) is 23.1 Å². The Labute approximate surface area is 162 Å². The number of nitrogens with zero attached hydrogens (tertiary/aromatic N) is 2. The molecule has 0 aromatic carbocycles. The predicted molar refractivity (Wildman–Crippen MR) is 107 cm³/mol. The molecule has 1 amide bonds. The maximum Gasteiger partial charge on any atom is 0.261 e. The van der Waals surface area contributed by atoms with E-state index in [1.165, 1.54) is 49.8 Å². The minimum absolute atomic E-state index is 0.00180. The second-order valence-corrected chi connectivity index (χ2v) is 8.10. The third-order valence-corrected chi connectivity index (χ3v) is 6.42. The van der Waals surface area contributed by atoms with Gasteiger partial charge in [0.15, 0.2) is 0 Å². The maximum atomic E-state index is 12.7. The van der Waals surface area contributed by atoms with Crippen LogP contribution in [0.25, 0.3) is 10.2 Å². The summed E-state index contributed by atoms with van der Waals surface area (Å²) < 4.78 is 5.36. The molecule has 3 aromatic heterocycles. The zero-order valence-corrected chi connectivity index (χ0v) is 16.3. The minimum Gasteiger partial charge on any atom is -0.467 e. The van der Waals surface area contributed by atoms with Crippen LogP contribution in [0.2, 0.25) is 0 Å². The van der Waals surface area contributed by atoms with Gasteiger partial charge in [0, 0.05) is 6.54 Å². The lowest BCUT2D eigenvalue weighted by Gasteiger charge is -2.21. The van der Waals surface area contributed by atoms with Crippen LogP contribution in [0.5, 0.6) is 0 Å². The van der Waals surface area contributed by atoms with E-state index in [4.69, 9.17) is 4.42 Å². The summed E-state index contributed by atoms with van der Waals surface area (Å²) in [5.41, 5.74) is 0.929. The van der Waals surface area contributed by atoms with E-state index in [2.05, 4.69) is 20.6 Å². The van der Waals surface area contributed by atoms with Crippen LogP contribution in [0, 0.1) is 12.8 Å². The topological polar surface area (TPSA) is 80.0 Å². The molecule has 142 valence electrons. The number of thiophene rings is 1. The summed E-state index contributed by atoms with van der Waals surface area (Å²) in [4.78, 5) is 23.0. The lowest BCUT2D eigenvalue weighted by atomic mass is 9.89. The third-order valence-electron chi connectivity index (χ3n) is 5.22. The highest BCUT2D eigenvalue weighted by Crippen LogP contribution is 2.33. The molecule has 1 fully saturated rings. The van der Waals surface area contributed by atoms with Crippen molar-refractivity contribution >= 4 is 33.3 Å². The molecule has 0 spiro atoms. The molecule has 0 radical (unpaired) electrons. The molecule has 2 N–H and O–H groups in total. The quantitative estimate of drug-likeness (QED) is 0.653. The number of furan rings is 1. The number of hydrogen-bond acceptors (Lipinski definition) is 6. The fourth-order valence-corrected chi connectivity index (χ4v) is 4.78. The molecular formula is C20H24N4O2S. The number of aryl methyl sites for hydroxylation is 1. The van der Waals surface area contributed by atoms with Crippen LogP contribution in [0.1, 0.15) is 53.1 Å². The lowest BCUT2D eigenvalue weighted by molar-refractivity contribution is 0.0947. The second kappa shape index (κ2) is 8.08. The van der Waals surface area contributed by atoms with Crippen LogP contribution in [0.4, 0.5) is 5.82 Å². The van der Waals surface area contributed by atoms with Crippen molar-refractivity contribution in [1.82, 2.24) is 15.3 Å². The molecule has 4 rings (SSSR count). The van der Waals surface area contributed by atoms with Gasteiger partial charge in [-0.15, -0.1) is 11.3 Å². The molecule has 3 aromatic rings. The predicted octanol–water partition coefficient (Wildman–Crippen LogP) is 4.51. The molecule has 1 saturated carbocycles. The van der Waals surface area contributed by atoms with Crippen molar-refractivity contribution in [3.63, 3.8) is 0 Å². The van der Waals surface area contributed by atoms with E-state index in [9.17, 15) is 4.79 Å². The van der Waals surface area contributed by atoms with Crippen molar-refractivity contribution in [2.24, 2.45) is 5.92 Å². The van der Waals surface area contributed by atoms with Crippen LogP contribution in [-0.4, -0.2) is 22.4 Å². The fourth-order valence-electron chi connectivity index (χ4n) is 3.71. The van der Waals surface area contributed by atoms with Crippen molar-refractivity contribution in [1.29, 1.82) is 0 Å². The number of aromatic nitrogens is 2. The smallest absolute Gasteiger partial charge is 0.261 e. The minimum atomic E-state index is -0.00180. The largest absolute Gasteiger partial charge is 0.467 e. The Morgan fingerprint density at radius 2 is 2.15 bits per heavy atom. The molecule has 6 nitrogen and oxygen atoms in total. The van der Waals surface area contributed by atoms with Crippen LogP contribution < -0.4 is 10.6 Å². The van der Waals surface area contributed by atoms with Crippen molar-refractivity contribution in [3.8, 4) is 0 Å². The van der Waals surface area contributed by atoms with E-state index in [0.717, 1.165) is 38.8 Å². The first kappa shape index (κ1) is 18.0. The molecule has 0 unspecified atom stereocenters. The zero-order chi connectivity index (χ0) is 18.6. The van der Waals surface area contributed by atoms with E-state index in [0.29, 0.717) is 12.5 Å². The van der Waals surface area contributed by atoms with Gasteiger partial charge in [0.25, 0.3) is 5.91 Å². The highest BCUT2D eigenvalue weighted by molar-refractivity contribution is 7.20. The van der Waals surface area contributed by atoms with Crippen LogP contribution in [0.15, 0.2) is 29.1 Å². The Bertz CT molecular complexity index is 914. The number of fused-ring (bicyclic) bond motifs is 1. The van der Waals surface area contributed by atoms with Gasteiger partial charge in [-0.25, -0.2) is 9.97 Å². The molecule has 0 bridgehead atoms. The van der Waals surface area contributed by atoms with Gasteiger partial charge in [0.2, 0.25) is 0 Å². The van der Waals surface area contributed by atoms with Crippen molar-refractivity contribution in [3.05, 3.63) is 40.9 Å². The molecule has 3 heterocycles. The average molecular weight is 385 g/mol. The number of rotatable bonds is 6. The van der Waals surface area contributed by atoms with Gasteiger partial charge in [0.1, 0.15) is 22.7 Å². The average Bonchev–Trinajstić information content (AvgIpc) is 3.34. The molecule has 27 heavy (non-hydrogen) atoms. The molecule has 7 heteroatoms. The van der Waals surface area contributed by atoms with E-state index in [-0.39, 0.29) is 5.91 Å². The SMILES string of the molecule is Cc1c(C(=O)NCC2CCCCC2)sc2ncnc(NCc3ccco3)c12. The van der Waals surface area contributed by atoms with Gasteiger partial charge in [-0.2, -0.15) is 0 Å². The molecule has 0 atom stereocenters. The first-order valence-corrected chi connectivity index (χ1v) is 10.3. The molecular weight excluding hydrogens is 360 g/mol. The summed E-state index contributed by atoms with van der Waals surface area (Å²) in [5.74, 6) is 2.18. The van der Waals surface area contributed by atoms with Crippen molar-refractivity contribution in [2.75, 3.05) is 11.9 Å². The number of carbonyl (C=O) groups is 1. The van der Waals surface area contributed by atoms with E-state index in [1.54, 1.807) is 6.26 Å². The van der Waals surface area contributed by atoms with E-state index >= 15 is 0 Å². The van der Waals surface area contributed by atoms with Crippen molar-refractivity contribution < 1.29 is 9.21 Å². The highest BCUT2D eigenvalue weighted by atomic mass is 32.1. The van der Waals surface area contributed by atoms with Gasteiger partial charge in [-0.1, -0.05) is 19.3 Å². The maximum absolute atomic E-state index is 12.7. The summed E-state index contributed by atoms with van der Waals surface area (Å²) in [7, 11) is 0. The Balaban J connectivity index is 1.50. The Morgan fingerprint density at radius 1 is 1.30 bits per heavy atom. The summed E-state index contributed by atoms with van der Waals surface area (Å²) in [6, 6.07) is 3.77. The summed E-state index contributed by atoms with van der Waals surface area (Å²) >= 11 is 1.43. The van der Waals surface area contributed by atoms with Gasteiger partial charge in [-0.3, -0.25) is 4.79 Å². The first-order valence-electron chi connectivity index (χ1n) is 9.51. The standard InChI is InChI=1S/C20H24N4O2S/c1-13-16-18(21-11-15-8-5-9-26-15)23-12-24-20(16)27-17(13)19(25)22-10-14-6-3-2-4-7-14/h5,8-9,12,14H,2-4,6-7,10-11H2,1H3,(H,22,25)(H,21,23,24). The van der Waals surface area contributed by atoms with Gasteiger partial charge < -0.3 is 15.1 Å². The summed E-state index contributed by atoms with van der Waals surface area (Å²) in [6.45, 7) is 3.27. The number of nitrogens with one attached hydrogen (secondary N) is 2. The van der Waals surface area contributed by atoms with Crippen molar-refractivity contribution in [2.45, 2.75) is 45.6 Å². The molecule has 0 aliphatic heterocycles. The van der Waals surface area contributed by atoms with Crippen LogP contribution >= 0.6 is 11.3 Å². The molecule has 0 saturated heterocycles. The first-order chi connectivity index (χ1) is 13.2. The number of carbonyl (C=O) groups excluding carboxylic acids is 1. The lowest BCUT2D eigenvalue weighted by Crippen LogP contribution is -2.30. The normalized spacial score (nSPS) is 15.1. The third kappa shape index (κ3) is 3.98. The zero-order valence-electron chi connectivity index (χ0n) is 15.5. The fraction of sp³-hybridized carbons (Fsp3) is 0.450. The second-order valence-electron chi connectivity index (χ2n) is 7.11. The van der Waals surface area contributed by atoms with E-state index in [1.807, 2.05) is 19.1 Å². The molecule has 1 aliphatic rings. The number of amides is 1. The van der Waals surface area contributed by atoms with Gasteiger partial charge >= 0.3 is 0 Å². The Hall–Kier alpha value is -2.41. The Kier molecular flexibility index (Phi) is 5.38.